The van der Waals surface area contributed by atoms with Crippen LogP contribution in [0.15, 0.2) is 18.3 Å². The Balaban J connectivity index is 2.58. The molecular weight excluding hydrogens is 198 g/mol. The third-order valence-electron chi connectivity index (χ3n) is 2.63. The first-order valence-corrected chi connectivity index (χ1v) is 6.14. The third-order valence-corrected chi connectivity index (χ3v) is 2.63. The topological polar surface area (TPSA) is 28.2 Å². The van der Waals surface area contributed by atoms with Crippen molar-refractivity contribution in [2.45, 2.75) is 33.2 Å². The predicted octanol–water partition coefficient (Wildman–Crippen LogP) is 2.43. The Morgan fingerprint density at radius 3 is 2.88 bits per heavy atom. The van der Waals surface area contributed by atoms with Gasteiger partial charge in [0.2, 0.25) is 0 Å². The van der Waals surface area contributed by atoms with E-state index in [0.717, 1.165) is 25.5 Å². The van der Waals surface area contributed by atoms with E-state index in [-0.39, 0.29) is 0 Å². The largest absolute Gasteiger partial charge is 0.360 e. The second-order valence-electron chi connectivity index (χ2n) is 4.08. The van der Waals surface area contributed by atoms with Crippen LogP contribution in [0.25, 0.3) is 0 Å². The summed E-state index contributed by atoms with van der Waals surface area (Å²) < 4.78 is 0. The van der Waals surface area contributed by atoms with E-state index in [9.17, 15) is 0 Å². The molecule has 1 aromatic heterocycles. The Morgan fingerprint density at radius 2 is 2.19 bits per heavy atom. The number of hydrogen-bond acceptors (Lipinski definition) is 3. The molecule has 0 aromatic carbocycles. The second kappa shape index (κ2) is 7.23. The molecule has 90 valence electrons. The molecule has 1 rings (SSSR count). The lowest BCUT2D eigenvalue weighted by atomic mass is 10.2. The number of pyridine rings is 1. The van der Waals surface area contributed by atoms with Crippen molar-refractivity contribution in [1.82, 2.24) is 10.3 Å². The van der Waals surface area contributed by atoms with Gasteiger partial charge in [0, 0.05) is 26.3 Å². The van der Waals surface area contributed by atoms with Crippen LogP contribution in [0.5, 0.6) is 0 Å². The molecule has 0 aliphatic carbocycles. The summed E-state index contributed by atoms with van der Waals surface area (Å²) in [5.74, 6) is 1.07. The molecular formula is C13H23N3. The zero-order chi connectivity index (χ0) is 11.8. The van der Waals surface area contributed by atoms with Crippen LogP contribution < -0.4 is 10.2 Å². The molecule has 0 fully saturated rings. The number of rotatable bonds is 7. The number of nitrogens with one attached hydrogen (secondary N) is 1. The monoisotopic (exact) mass is 221 g/mol. The molecule has 0 spiro atoms. The van der Waals surface area contributed by atoms with Crippen molar-refractivity contribution in [1.29, 1.82) is 0 Å². The van der Waals surface area contributed by atoms with Crippen LogP contribution in [0.1, 0.15) is 32.3 Å². The van der Waals surface area contributed by atoms with Crippen LogP contribution in [0, 0.1) is 0 Å². The highest BCUT2D eigenvalue weighted by Gasteiger charge is 2.02. The summed E-state index contributed by atoms with van der Waals surface area (Å²) in [6.45, 7) is 7.34. The Bertz CT molecular complexity index is 299. The summed E-state index contributed by atoms with van der Waals surface area (Å²) in [6.07, 6.45) is 4.33. The molecule has 3 nitrogen and oxygen atoms in total. The zero-order valence-corrected chi connectivity index (χ0v) is 10.7. The summed E-state index contributed by atoms with van der Waals surface area (Å²) in [5.41, 5.74) is 1.30. The van der Waals surface area contributed by atoms with Crippen molar-refractivity contribution in [3.63, 3.8) is 0 Å². The van der Waals surface area contributed by atoms with Crippen molar-refractivity contribution in [3.05, 3.63) is 23.9 Å². The van der Waals surface area contributed by atoms with Crippen molar-refractivity contribution in [2.75, 3.05) is 25.0 Å². The van der Waals surface area contributed by atoms with Crippen LogP contribution in [0.4, 0.5) is 5.82 Å². The molecule has 0 amide bonds. The van der Waals surface area contributed by atoms with E-state index in [1.54, 1.807) is 0 Å². The van der Waals surface area contributed by atoms with E-state index in [4.69, 9.17) is 0 Å². The molecule has 0 saturated heterocycles. The Labute approximate surface area is 98.9 Å². The Kier molecular flexibility index (Phi) is 5.86. The van der Waals surface area contributed by atoms with Crippen LogP contribution in [0.3, 0.4) is 0 Å². The highest BCUT2D eigenvalue weighted by atomic mass is 15.2. The maximum Gasteiger partial charge on any atom is 0.128 e. The van der Waals surface area contributed by atoms with Crippen molar-refractivity contribution in [3.8, 4) is 0 Å². The molecule has 1 N–H and O–H groups in total. The Morgan fingerprint density at radius 1 is 1.38 bits per heavy atom. The van der Waals surface area contributed by atoms with Gasteiger partial charge in [-0.05, 0) is 30.7 Å². The third kappa shape index (κ3) is 4.19. The minimum Gasteiger partial charge on any atom is -0.360 e. The van der Waals surface area contributed by atoms with Gasteiger partial charge in [0.25, 0.3) is 0 Å². The first-order chi connectivity index (χ1) is 7.77. The maximum atomic E-state index is 4.40. The first kappa shape index (κ1) is 13.0. The SMILES string of the molecule is CCCCN(C)c1cc(CNCC)ccn1. The second-order valence-corrected chi connectivity index (χ2v) is 4.08. The average Bonchev–Trinajstić information content (AvgIpc) is 2.33. The molecule has 0 aliphatic heterocycles. The first-order valence-electron chi connectivity index (χ1n) is 6.14. The molecule has 1 heterocycles. The molecule has 0 saturated carbocycles. The quantitative estimate of drug-likeness (QED) is 0.766. The van der Waals surface area contributed by atoms with Gasteiger partial charge in [-0.2, -0.15) is 0 Å². The lowest BCUT2D eigenvalue weighted by Crippen LogP contribution is -2.20. The fourth-order valence-corrected chi connectivity index (χ4v) is 1.56. The van der Waals surface area contributed by atoms with Crippen LogP contribution in [-0.2, 0) is 6.54 Å². The van der Waals surface area contributed by atoms with Gasteiger partial charge in [0.05, 0.1) is 0 Å². The van der Waals surface area contributed by atoms with Crippen molar-refractivity contribution < 1.29 is 0 Å². The minimum absolute atomic E-state index is 0.924. The molecule has 3 heteroatoms. The number of nitrogens with zero attached hydrogens (tertiary/aromatic N) is 2. The van der Waals surface area contributed by atoms with E-state index < -0.39 is 0 Å². The van der Waals surface area contributed by atoms with Gasteiger partial charge in [-0.1, -0.05) is 20.3 Å². The molecule has 0 aliphatic rings. The molecule has 1 aromatic rings. The van der Waals surface area contributed by atoms with Gasteiger partial charge >= 0.3 is 0 Å². The number of anilines is 1. The van der Waals surface area contributed by atoms with E-state index >= 15 is 0 Å². The Hall–Kier alpha value is -1.09. The number of aromatic nitrogens is 1. The summed E-state index contributed by atoms with van der Waals surface area (Å²) in [4.78, 5) is 6.62. The number of unbranched alkanes of at least 4 members (excludes halogenated alkanes) is 1. The van der Waals surface area contributed by atoms with Crippen LogP contribution >= 0.6 is 0 Å². The predicted molar refractivity (Wildman–Crippen MR) is 69.8 cm³/mol. The average molecular weight is 221 g/mol. The fourth-order valence-electron chi connectivity index (χ4n) is 1.56. The standard InChI is InChI=1S/C13H23N3/c1-4-6-9-16(3)13-10-12(7-8-15-13)11-14-5-2/h7-8,10,14H,4-6,9,11H2,1-3H3. The number of hydrogen-bond donors (Lipinski definition) is 1. The van der Waals surface area contributed by atoms with E-state index in [1.807, 2.05) is 6.20 Å². The summed E-state index contributed by atoms with van der Waals surface area (Å²) in [7, 11) is 2.11. The fraction of sp³-hybridized carbons (Fsp3) is 0.615. The highest BCUT2D eigenvalue weighted by molar-refractivity contribution is 5.39. The van der Waals surface area contributed by atoms with Gasteiger partial charge in [0.15, 0.2) is 0 Å². The minimum atomic E-state index is 0.924. The van der Waals surface area contributed by atoms with Gasteiger partial charge in [-0.25, -0.2) is 4.98 Å². The summed E-state index contributed by atoms with van der Waals surface area (Å²) >= 11 is 0. The summed E-state index contributed by atoms with van der Waals surface area (Å²) in [5, 5.41) is 3.33. The molecule has 0 bridgehead atoms. The van der Waals surface area contributed by atoms with E-state index in [1.165, 1.54) is 18.4 Å². The van der Waals surface area contributed by atoms with Gasteiger partial charge < -0.3 is 10.2 Å². The van der Waals surface area contributed by atoms with Crippen molar-refractivity contribution in [2.24, 2.45) is 0 Å². The molecule has 0 atom stereocenters. The zero-order valence-electron chi connectivity index (χ0n) is 10.7. The maximum absolute atomic E-state index is 4.40. The van der Waals surface area contributed by atoms with E-state index in [0.29, 0.717) is 0 Å². The van der Waals surface area contributed by atoms with Crippen LogP contribution in [-0.4, -0.2) is 25.1 Å². The summed E-state index contributed by atoms with van der Waals surface area (Å²) in [6, 6.07) is 4.23. The normalized spacial score (nSPS) is 10.4. The molecule has 0 radical (unpaired) electrons. The van der Waals surface area contributed by atoms with Gasteiger partial charge in [0.1, 0.15) is 5.82 Å². The highest BCUT2D eigenvalue weighted by Crippen LogP contribution is 2.11. The lowest BCUT2D eigenvalue weighted by Gasteiger charge is -2.18. The van der Waals surface area contributed by atoms with Crippen molar-refractivity contribution >= 4 is 5.82 Å². The lowest BCUT2D eigenvalue weighted by molar-refractivity contribution is 0.723. The van der Waals surface area contributed by atoms with Crippen LogP contribution in [0.2, 0.25) is 0 Å². The molecule has 0 unspecified atom stereocenters. The van der Waals surface area contributed by atoms with Gasteiger partial charge in [-0.3, -0.25) is 0 Å². The smallest absolute Gasteiger partial charge is 0.128 e. The molecule has 16 heavy (non-hydrogen) atoms. The van der Waals surface area contributed by atoms with Gasteiger partial charge in [-0.15, -0.1) is 0 Å². The van der Waals surface area contributed by atoms with E-state index in [2.05, 4.69) is 48.2 Å².